The van der Waals surface area contributed by atoms with E-state index in [9.17, 15) is 9.59 Å². The molecule has 0 unspecified atom stereocenters. The number of hydrogen-bond donors (Lipinski definition) is 1. The molecule has 9 nitrogen and oxygen atoms in total. The minimum absolute atomic E-state index is 0.0303. The smallest absolute Gasteiger partial charge is 0.280 e. The van der Waals surface area contributed by atoms with E-state index < -0.39 is 0 Å². The zero-order valence-electron chi connectivity index (χ0n) is 19.0. The molecule has 10 heteroatoms. The molecule has 0 atom stereocenters. The fourth-order valence-electron chi connectivity index (χ4n) is 4.00. The van der Waals surface area contributed by atoms with Crippen LogP contribution in [0.15, 0.2) is 41.0 Å². The lowest BCUT2D eigenvalue weighted by Gasteiger charge is -2.30. The molecule has 1 aromatic carbocycles. The molecule has 0 radical (unpaired) electrons. The maximum atomic E-state index is 12.8. The number of rotatable bonds is 4. The van der Waals surface area contributed by atoms with Gasteiger partial charge >= 0.3 is 0 Å². The molecular formula is C23H25N7O2S. The van der Waals surface area contributed by atoms with Gasteiger partial charge in [0.1, 0.15) is 6.54 Å². The number of imidazole rings is 1. The summed E-state index contributed by atoms with van der Waals surface area (Å²) in [6, 6.07) is 8.33. The maximum absolute atomic E-state index is 12.8. The van der Waals surface area contributed by atoms with Crippen LogP contribution in [0, 0.1) is 0 Å². The lowest BCUT2D eigenvalue weighted by atomic mass is 9.86. The van der Waals surface area contributed by atoms with Crippen molar-refractivity contribution in [3.63, 3.8) is 0 Å². The Bertz CT molecular complexity index is 1270. The first-order valence-corrected chi connectivity index (χ1v) is 11.6. The highest BCUT2D eigenvalue weighted by Gasteiger charge is 2.38. The van der Waals surface area contributed by atoms with E-state index in [2.05, 4.69) is 65.3 Å². The predicted molar refractivity (Wildman–Crippen MR) is 129 cm³/mol. The average Bonchev–Trinajstić information content (AvgIpc) is 3.51. The number of nitrogens with one attached hydrogen (secondary N) is 1. The van der Waals surface area contributed by atoms with Crippen molar-refractivity contribution in [2.45, 2.75) is 32.7 Å². The highest BCUT2D eigenvalue weighted by Crippen LogP contribution is 2.30. The molecule has 2 amide bonds. The fourth-order valence-corrected chi connectivity index (χ4v) is 4.73. The van der Waals surface area contributed by atoms with Gasteiger partial charge in [0.25, 0.3) is 5.91 Å². The number of fused-ring (bicyclic) bond motifs is 3. The standard InChI is InChI=1S/C23H25N7O2S/c1-23(2,3)15-7-5-14(6-8-15)16-12-33-21(26-16)27-17(31)11-29-13-25-19-18(29)20(32)28(4)22-24-9-10-30(19)22/h5-8,12-13H,9-11H2,1-4H3,(H,26,27,31). The molecule has 3 aromatic rings. The van der Waals surface area contributed by atoms with Gasteiger partial charge in [-0.15, -0.1) is 11.3 Å². The number of hydrogen-bond acceptors (Lipinski definition) is 7. The van der Waals surface area contributed by atoms with Crippen LogP contribution in [0.2, 0.25) is 0 Å². The summed E-state index contributed by atoms with van der Waals surface area (Å²) in [6.45, 7) is 7.79. The molecule has 0 fully saturated rings. The van der Waals surface area contributed by atoms with Gasteiger partial charge in [-0.05, 0) is 11.0 Å². The SMILES string of the molecule is CN1C(=O)c2c(ncn2CC(=O)Nc2nc(-c3ccc(C(C)(C)C)cc3)cs2)N2CCN=C12. The third-order valence-corrected chi connectivity index (χ3v) is 6.57. The summed E-state index contributed by atoms with van der Waals surface area (Å²) < 4.78 is 1.58. The largest absolute Gasteiger partial charge is 0.315 e. The number of guanidine groups is 1. The van der Waals surface area contributed by atoms with Crippen molar-refractivity contribution >= 4 is 40.1 Å². The summed E-state index contributed by atoms with van der Waals surface area (Å²) >= 11 is 1.37. The van der Waals surface area contributed by atoms with Gasteiger partial charge < -0.3 is 9.88 Å². The fraction of sp³-hybridized carbons (Fsp3) is 0.348. The Labute approximate surface area is 195 Å². The van der Waals surface area contributed by atoms with Crippen molar-refractivity contribution in [1.82, 2.24) is 19.4 Å². The van der Waals surface area contributed by atoms with Crippen LogP contribution < -0.4 is 10.2 Å². The van der Waals surface area contributed by atoms with Crippen molar-refractivity contribution in [3.05, 3.63) is 47.2 Å². The van der Waals surface area contributed by atoms with Gasteiger partial charge in [0.15, 0.2) is 16.6 Å². The minimum atomic E-state index is -0.268. The van der Waals surface area contributed by atoms with Gasteiger partial charge in [-0.3, -0.25) is 24.4 Å². The van der Waals surface area contributed by atoms with Gasteiger partial charge in [0, 0.05) is 24.5 Å². The van der Waals surface area contributed by atoms with Crippen molar-refractivity contribution < 1.29 is 9.59 Å². The van der Waals surface area contributed by atoms with E-state index in [1.165, 1.54) is 28.1 Å². The molecule has 5 rings (SSSR count). The first-order chi connectivity index (χ1) is 15.7. The highest BCUT2D eigenvalue weighted by molar-refractivity contribution is 7.14. The number of thiazole rings is 1. The van der Waals surface area contributed by atoms with Crippen LogP contribution in [0.25, 0.3) is 11.3 Å². The quantitative estimate of drug-likeness (QED) is 0.641. The van der Waals surface area contributed by atoms with Gasteiger partial charge in [0.05, 0.1) is 18.6 Å². The van der Waals surface area contributed by atoms with Gasteiger partial charge in [-0.25, -0.2) is 9.97 Å². The van der Waals surface area contributed by atoms with E-state index in [4.69, 9.17) is 0 Å². The van der Waals surface area contributed by atoms with Crippen LogP contribution >= 0.6 is 11.3 Å². The Hall–Kier alpha value is -3.53. The number of aromatic nitrogens is 3. The number of nitrogens with zero attached hydrogens (tertiary/aromatic N) is 6. The summed E-state index contributed by atoms with van der Waals surface area (Å²) in [7, 11) is 1.69. The molecule has 0 saturated carbocycles. The van der Waals surface area contributed by atoms with Crippen LogP contribution in [0.5, 0.6) is 0 Å². The van der Waals surface area contributed by atoms with E-state index >= 15 is 0 Å². The number of amides is 2. The number of benzene rings is 1. The molecule has 33 heavy (non-hydrogen) atoms. The van der Waals surface area contributed by atoms with Gasteiger partial charge in [0.2, 0.25) is 11.9 Å². The Morgan fingerprint density at radius 3 is 2.70 bits per heavy atom. The topological polar surface area (TPSA) is 95.7 Å². The Morgan fingerprint density at radius 1 is 1.21 bits per heavy atom. The molecular weight excluding hydrogens is 438 g/mol. The highest BCUT2D eigenvalue weighted by atomic mass is 32.1. The summed E-state index contributed by atoms with van der Waals surface area (Å²) in [5.74, 6) is 0.670. The third kappa shape index (κ3) is 3.80. The van der Waals surface area contributed by atoms with Gasteiger partial charge in [-0.2, -0.15) is 0 Å². The summed E-state index contributed by atoms with van der Waals surface area (Å²) in [5, 5.41) is 5.28. The maximum Gasteiger partial charge on any atom is 0.280 e. The molecule has 0 bridgehead atoms. The molecule has 0 spiro atoms. The van der Waals surface area contributed by atoms with Crippen LogP contribution in [0.1, 0.15) is 36.8 Å². The van der Waals surface area contributed by atoms with Crippen molar-refractivity contribution in [3.8, 4) is 11.3 Å². The Morgan fingerprint density at radius 2 is 1.97 bits per heavy atom. The first-order valence-electron chi connectivity index (χ1n) is 10.7. The molecule has 170 valence electrons. The van der Waals surface area contributed by atoms with Crippen LogP contribution in [0.3, 0.4) is 0 Å². The normalized spacial score (nSPS) is 15.4. The zero-order chi connectivity index (χ0) is 23.3. The number of aliphatic imine (C=N–C) groups is 1. The average molecular weight is 464 g/mol. The predicted octanol–water partition coefficient (Wildman–Crippen LogP) is 3.20. The number of carbonyl (C=O) groups is 2. The molecule has 4 heterocycles. The lowest BCUT2D eigenvalue weighted by molar-refractivity contribution is -0.116. The monoisotopic (exact) mass is 463 g/mol. The van der Waals surface area contributed by atoms with E-state index in [0.717, 1.165) is 11.3 Å². The van der Waals surface area contributed by atoms with E-state index in [1.807, 2.05) is 10.3 Å². The van der Waals surface area contributed by atoms with E-state index in [-0.39, 0.29) is 23.8 Å². The first kappa shape index (κ1) is 21.3. The number of carbonyl (C=O) groups excluding carboxylic acids is 2. The van der Waals surface area contributed by atoms with Crippen LogP contribution in [-0.4, -0.2) is 57.3 Å². The molecule has 2 aromatic heterocycles. The molecule has 1 N–H and O–H groups in total. The third-order valence-electron chi connectivity index (χ3n) is 5.81. The van der Waals surface area contributed by atoms with Crippen LogP contribution in [0.4, 0.5) is 10.9 Å². The summed E-state index contributed by atoms with van der Waals surface area (Å²) in [6.07, 6.45) is 1.53. The lowest BCUT2D eigenvalue weighted by Crippen LogP contribution is -2.48. The van der Waals surface area contributed by atoms with E-state index in [0.29, 0.717) is 35.7 Å². The molecule has 2 aliphatic heterocycles. The van der Waals surface area contributed by atoms with Crippen molar-refractivity contribution in [2.75, 3.05) is 30.4 Å². The second-order valence-electron chi connectivity index (χ2n) is 9.16. The van der Waals surface area contributed by atoms with Crippen molar-refractivity contribution in [2.24, 2.45) is 4.99 Å². The molecule has 0 saturated heterocycles. The summed E-state index contributed by atoms with van der Waals surface area (Å²) in [4.78, 5) is 42.3. The van der Waals surface area contributed by atoms with Gasteiger partial charge in [-0.1, -0.05) is 45.0 Å². The van der Waals surface area contributed by atoms with Crippen molar-refractivity contribution in [1.29, 1.82) is 0 Å². The second kappa shape index (κ2) is 7.80. The zero-order valence-corrected chi connectivity index (χ0v) is 19.8. The summed E-state index contributed by atoms with van der Waals surface area (Å²) in [5.41, 5.74) is 3.55. The van der Waals surface area contributed by atoms with Crippen LogP contribution in [-0.2, 0) is 16.8 Å². The number of anilines is 2. The molecule has 2 aliphatic rings. The minimum Gasteiger partial charge on any atom is -0.315 e. The van der Waals surface area contributed by atoms with E-state index in [1.54, 1.807) is 11.6 Å². The molecule has 0 aliphatic carbocycles. The second-order valence-corrected chi connectivity index (χ2v) is 10.0. The Kier molecular flexibility index (Phi) is 5.04. The Balaban J connectivity index is 1.29.